The maximum atomic E-state index is 13.3. The summed E-state index contributed by atoms with van der Waals surface area (Å²) in [5, 5.41) is 16.5. The number of nitrogens with one attached hydrogen (secondary N) is 1. The van der Waals surface area contributed by atoms with Gasteiger partial charge in [0.2, 0.25) is 0 Å². The fourth-order valence-electron chi connectivity index (χ4n) is 2.75. The van der Waals surface area contributed by atoms with Gasteiger partial charge in [-0.05, 0) is 43.9 Å². The number of aliphatic hydroxyl groups is 1. The van der Waals surface area contributed by atoms with Crippen LogP contribution in [0, 0.1) is 11.2 Å². The van der Waals surface area contributed by atoms with Gasteiger partial charge in [-0.25, -0.2) is 4.39 Å². The molecule has 1 fully saturated rings. The van der Waals surface area contributed by atoms with Crippen LogP contribution in [0.3, 0.4) is 0 Å². The Morgan fingerprint density at radius 3 is 3.00 bits per heavy atom. The van der Waals surface area contributed by atoms with E-state index >= 15 is 0 Å². The molecule has 0 bridgehead atoms. The molecule has 1 heterocycles. The van der Waals surface area contributed by atoms with Crippen molar-refractivity contribution in [1.82, 2.24) is 0 Å². The molecule has 4 N–H and O–H groups in total. The van der Waals surface area contributed by atoms with Crippen molar-refractivity contribution < 1.29 is 9.50 Å². The van der Waals surface area contributed by atoms with Crippen molar-refractivity contribution >= 4 is 11.5 Å². The van der Waals surface area contributed by atoms with Gasteiger partial charge in [0.25, 0.3) is 0 Å². The molecule has 0 spiro atoms. The Morgan fingerprint density at radius 1 is 1.53 bits per heavy atom. The molecule has 4 nitrogen and oxygen atoms in total. The van der Waals surface area contributed by atoms with Crippen molar-refractivity contribution in [3.63, 3.8) is 0 Å². The Bertz CT molecular complexity index is 464. The Morgan fingerprint density at radius 2 is 2.32 bits per heavy atom. The fraction of sp³-hybridized carbons (Fsp3) is 0.500. The van der Waals surface area contributed by atoms with Crippen LogP contribution in [0.2, 0.25) is 0 Å². The molecule has 0 amide bonds. The lowest BCUT2D eigenvalue weighted by Crippen LogP contribution is -2.31. The van der Waals surface area contributed by atoms with Gasteiger partial charge in [0.15, 0.2) is 0 Å². The van der Waals surface area contributed by atoms with Crippen LogP contribution in [0.15, 0.2) is 18.2 Å². The minimum Gasteiger partial charge on any atom is -0.396 e. The lowest BCUT2D eigenvalue weighted by atomic mass is 10.1. The van der Waals surface area contributed by atoms with Crippen molar-refractivity contribution in [3.05, 3.63) is 29.6 Å². The number of halogens is 1. The monoisotopic (exact) mass is 265 g/mol. The van der Waals surface area contributed by atoms with Crippen LogP contribution in [0.1, 0.15) is 31.2 Å². The molecule has 1 aliphatic rings. The summed E-state index contributed by atoms with van der Waals surface area (Å²) in [6.07, 6.45) is 3.81. The van der Waals surface area contributed by atoms with Crippen LogP contribution in [0.25, 0.3) is 0 Å². The second-order valence-electron chi connectivity index (χ2n) is 4.93. The molecule has 0 aliphatic carbocycles. The Kier molecular flexibility index (Phi) is 4.37. The van der Waals surface area contributed by atoms with E-state index in [9.17, 15) is 4.39 Å². The molecule has 1 saturated heterocycles. The fourth-order valence-corrected chi connectivity index (χ4v) is 2.75. The highest BCUT2D eigenvalue weighted by atomic mass is 19.1. The highest BCUT2D eigenvalue weighted by molar-refractivity contribution is 6.00. The minimum atomic E-state index is -0.375. The summed E-state index contributed by atoms with van der Waals surface area (Å²) in [5.74, 6) is -0.484. The number of anilines is 1. The third-order valence-electron chi connectivity index (χ3n) is 3.63. The Labute approximate surface area is 112 Å². The second-order valence-corrected chi connectivity index (χ2v) is 4.93. The molecule has 1 atom stereocenters. The van der Waals surface area contributed by atoms with Crippen molar-refractivity contribution in [2.24, 2.45) is 5.73 Å². The minimum absolute atomic E-state index is 0.109. The summed E-state index contributed by atoms with van der Waals surface area (Å²) in [4.78, 5) is 2.19. The highest BCUT2D eigenvalue weighted by Crippen LogP contribution is 2.31. The normalized spacial score (nSPS) is 18.8. The number of nitrogens with two attached hydrogens (primary N) is 1. The predicted octanol–water partition coefficient (Wildman–Crippen LogP) is 1.85. The number of hydrogen-bond donors (Lipinski definition) is 3. The van der Waals surface area contributed by atoms with Gasteiger partial charge in [-0.1, -0.05) is 0 Å². The maximum Gasteiger partial charge on any atom is 0.125 e. The molecule has 1 unspecified atom stereocenters. The molecule has 19 heavy (non-hydrogen) atoms. The first kappa shape index (κ1) is 13.8. The molecule has 0 saturated carbocycles. The number of aliphatic hydroxyl groups excluding tert-OH is 1. The zero-order valence-corrected chi connectivity index (χ0v) is 10.9. The molecule has 2 rings (SSSR count). The van der Waals surface area contributed by atoms with Gasteiger partial charge in [-0.3, -0.25) is 5.41 Å². The molecular formula is C14H20FN3O. The van der Waals surface area contributed by atoms with Crippen molar-refractivity contribution in [1.29, 1.82) is 5.41 Å². The molecule has 1 aliphatic heterocycles. The third kappa shape index (κ3) is 3.04. The molecule has 1 aromatic rings. The number of benzene rings is 1. The molecule has 0 radical (unpaired) electrons. The summed E-state index contributed by atoms with van der Waals surface area (Å²) in [7, 11) is 0. The number of hydrogen-bond acceptors (Lipinski definition) is 3. The van der Waals surface area contributed by atoms with Crippen molar-refractivity contribution in [2.45, 2.75) is 31.7 Å². The number of nitrogen functional groups attached to an aromatic ring is 1. The lowest BCUT2D eigenvalue weighted by molar-refractivity contribution is 0.279. The van der Waals surface area contributed by atoms with Gasteiger partial charge in [-0.15, -0.1) is 0 Å². The summed E-state index contributed by atoms with van der Waals surface area (Å²) >= 11 is 0. The van der Waals surface area contributed by atoms with E-state index in [2.05, 4.69) is 4.90 Å². The Hall–Kier alpha value is -1.62. The first-order valence-electron chi connectivity index (χ1n) is 6.65. The van der Waals surface area contributed by atoms with E-state index < -0.39 is 0 Å². The van der Waals surface area contributed by atoms with E-state index in [1.807, 2.05) is 0 Å². The molecular weight excluding hydrogens is 245 g/mol. The van der Waals surface area contributed by atoms with E-state index in [1.165, 1.54) is 12.1 Å². The van der Waals surface area contributed by atoms with Gasteiger partial charge in [0.05, 0.1) is 0 Å². The second kappa shape index (κ2) is 6.02. The van der Waals surface area contributed by atoms with Gasteiger partial charge in [0.1, 0.15) is 11.7 Å². The van der Waals surface area contributed by atoms with Crippen LogP contribution in [0.5, 0.6) is 0 Å². The summed E-state index contributed by atoms with van der Waals surface area (Å²) in [5.41, 5.74) is 6.83. The van der Waals surface area contributed by atoms with Crippen molar-refractivity contribution in [2.75, 3.05) is 18.1 Å². The summed E-state index contributed by atoms with van der Waals surface area (Å²) in [6.45, 7) is 1.08. The van der Waals surface area contributed by atoms with Crippen LogP contribution >= 0.6 is 0 Å². The Balaban J connectivity index is 2.27. The molecule has 104 valence electrons. The quantitative estimate of drug-likeness (QED) is 0.562. The lowest BCUT2D eigenvalue weighted by Gasteiger charge is -2.28. The van der Waals surface area contributed by atoms with Crippen LogP contribution < -0.4 is 10.6 Å². The topological polar surface area (TPSA) is 73.3 Å². The first-order valence-corrected chi connectivity index (χ1v) is 6.65. The molecule has 1 aromatic carbocycles. The zero-order valence-electron chi connectivity index (χ0n) is 10.9. The van der Waals surface area contributed by atoms with E-state index in [1.54, 1.807) is 6.07 Å². The van der Waals surface area contributed by atoms with E-state index in [0.29, 0.717) is 11.6 Å². The molecule has 0 aromatic heterocycles. The van der Waals surface area contributed by atoms with Gasteiger partial charge >= 0.3 is 0 Å². The number of rotatable bonds is 5. The average molecular weight is 265 g/mol. The third-order valence-corrected chi connectivity index (χ3v) is 3.63. The highest BCUT2D eigenvalue weighted by Gasteiger charge is 2.26. The van der Waals surface area contributed by atoms with Crippen LogP contribution in [-0.4, -0.2) is 30.1 Å². The van der Waals surface area contributed by atoms with E-state index in [-0.39, 0.29) is 18.3 Å². The standard InChI is InChI=1S/C14H20FN3O/c15-10-5-6-13(12(9-10)14(16)17)18-7-1-3-11(18)4-2-8-19/h5-6,9,11,19H,1-4,7-8H2,(H3,16,17). The maximum absolute atomic E-state index is 13.3. The predicted molar refractivity (Wildman–Crippen MR) is 74.1 cm³/mol. The van der Waals surface area contributed by atoms with Gasteiger partial charge < -0.3 is 15.7 Å². The summed E-state index contributed by atoms with van der Waals surface area (Å²) in [6, 6.07) is 4.77. The van der Waals surface area contributed by atoms with Gasteiger partial charge in [-0.2, -0.15) is 0 Å². The van der Waals surface area contributed by atoms with Crippen LogP contribution in [0.4, 0.5) is 10.1 Å². The molecule has 5 heteroatoms. The van der Waals surface area contributed by atoms with E-state index in [0.717, 1.165) is 37.9 Å². The first-order chi connectivity index (χ1) is 9.13. The zero-order chi connectivity index (χ0) is 13.8. The summed E-state index contributed by atoms with van der Waals surface area (Å²) < 4.78 is 13.3. The van der Waals surface area contributed by atoms with Gasteiger partial charge in [0, 0.05) is 30.4 Å². The number of nitrogens with zero attached hydrogens (tertiary/aromatic N) is 1. The average Bonchev–Trinajstić information content (AvgIpc) is 2.84. The van der Waals surface area contributed by atoms with Crippen molar-refractivity contribution in [3.8, 4) is 0 Å². The van der Waals surface area contributed by atoms with E-state index in [4.69, 9.17) is 16.2 Å². The SMILES string of the molecule is N=C(N)c1cc(F)ccc1N1CCCC1CCCO. The largest absolute Gasteiger partial charge is 0.396 e. The smallest absolute Gasteiger partial charge is 0.125 e. The number of amidine groups is 1. The van der Waals surface area contributed by atoms with Crippen LogP contribution in [-0.2, 0) is 0 Å².